The molecular weight excluding hydrogens is 192 g/mol. The Morgan fingerprint density at radius 2 is 2.13 bits per heavy atom. The molecule has 4 nitrogen and oxygen atoms in total. The second-order valence-electron chi connectivity index (χ2n) is 3.21. The quantitative estimate of drug-likeness (QED) is 0.542. The van der Waals surface area contributed by atoms with Crippen LogP contribution in [0.5, 0.6) is 0 Å². The van der Waals surface area contributed by atoms with Crippen LogP contribution in [0.15, 0.2) is 48.7 Å². The van der Waals surface area contributed by atoms with Crippen LogP contribution in [0.3, 0.4) is 0 Å². The van der Waals surface area contributed by atoms with Crippen molar-refractivity contribution in [2.45, 2.75) is 5.54 Å². The average molecular weight is 201 g/mol. The van der Waals surface area contributed by atoms with E-state index < -0.39 is 5.54 Å². The van der Waals surface area contributed by atoms with Crippen molar-refractivity contribution in [2.24, 2.45) is 0 Å². The van der Waals surface area contributed by atoms with Crippen LogP contribution in [-0.2, 0) is 5.54 Å². The lowest BCUT2D eigenvalue weighted by molar-refractivity contribution is -0.553. The van der Waals surface area contributed by atoms with Gasteiger partial charge in [-0.25, -0.2) is 0 Å². The summed E-state index contributed by atoms with van der Waals surface area (Å²) in [6.45, 7) is 0. The number of nitro groups is 1. The predicted molar refractivity (Wildman–Crippen MR) is 55.5 cm³/mol. The van der Waals surface area contributed by atoms with E-state index in [0.717, 1.165) is 0 Å². The molecule has 0 aliphatic heterocycles. The number of pyridine rings is 1. The number of hydrogen-bond donors (Lipinski definition) is 0. The van der Waals surface area contributed by atoms with E-state index in [-0.39, 0.29) is 4.92 Å². The Balaban J connectivity index is 2.49. The normalized spacial score (nSPS) is 24.0. The van der Waals surface area contributed by atoms with Gasteiger partial charge in [0.1, 0.15) is 5.69 Å². The molecule has 75 valence electrons. The van der Waals surface area contributed by atoms with Gasteiger partial charge in [0.15, 0.2) is 0 Å². The number of aromatic nitrogens is 1. The van der Waals surface area contributed by atoms with Gasteiger partial charge in [-0.2, -0.15) is 0 Å². The van der Waals surface area contributed by atoms with Crippen molar-refractivity contribution in [3.63, 3.8) is 0 Å². The summed E-state index contributed by atoms with van der Waals surface area (Å²) in [6.07, 6.45) is 9.71. The molecule has 2 rings (SSSR count). The topological polar surface area (TPSA) is 56.0 Å². The summed E-state index contributed by atoms with van der Waals surface area (Å²) in [5.74, 6) is 0. The van der Waals surface area contributed by atoms with Crippen LogP contribution in [0.4, 0.5) is 0 Å². The van der Waals surface area contributed by atoms with Gasteiger partial charge in [0, 0.05) is 11.1 Å². The lowest BCUT2D eigenvalue weighted by Crippen LogP contribution is -2.35. The van der Waals surface area contributed by atoms with Gasteiger partial charge >= 0.3 is 0 Å². The van der Waals surface area contributed by atoms with Crippen molar-refractivity contribution < 1.29 is 4.92 Å². The zero-order valence-corrected chi connectivity index (χ0v) is 7.91. The number of rotatable bonds is 2. The Morgan fingerprint density at radius 1 is 1.27 bits per heavy atom. The minimum Gasteiger partial charge on any atom is -0.263 e. The largest absolute Gasteiger partial charge is 0.289 e. The van der Waals surface area contributed by atoms with Gasteiger partial charge in [-0.3, -0.25) is 15.1 Å². The molecule has 1 atom stereocenters. The van der Waals surface area contributed by atoms with Gasteiger partial charge in [-0.1, -0.05) is 24.3 Å². The molecule has 4 heteroatoms. The molecule has 0 saturated carbocycles. The molecule has 1 aromatic rings. The van der Waals surface area contributed by atoms with Gasteiger partial charge in [-0.15, -0.1) is 0 Å². The van der Waals surface area contributed by atoms with Crippen molar-refractivity contribution in [2.75, 3.05) is 0 Å². The third-order valence-corrected chi connectivity index (χ3v) is 2.30. The summed E-state index contributed by atoms with van der Waals surface area (Å²) in [7, 11) is 0. The molecule has 1 heterocycles. The molecular formula is C11H9N2O2. The first-order valence-corrected chi connectivity index (χ1v) is 4.52. The molecule has 15 heavy (non-hydrogen) atoms. The second-order valence-corrected chi connectivity index (χ2v) is 3.21. The van der Waals surface area contributed by atoms with Crippen LogP contribution < -0.4 is 0 Å². The SMILES string of the molecule is O=[N+]([O-])C1(c2ccccn2)[CH]C=CC=C1. The maximum atomic E-state index is 11.1. The molecule has 0 bridgehead atoms. The van der Waals surface area contributed by atoms with E-state index >= 15 is 0 Å². The van der Waals surface area contributed by atoms with Gasteiger partial charge in [0.25, 0.3) is 5.54 Å². The smallest absolute Gasteiger partial charge is 0.263 e. The summed E-state index contributed by atoms with van der Waals surface area (Å²) in [4.78, 5) is 14.8. The Bertz CT molecular complexity index is 425. The molecule has 0 N–H and O–H groups in total. The number of nitrogens with zero attached hydrogens (tertiary/aromatic N) is 2. The Hall–Kier alpha value is -1.97. The number of hydrogen-bond acceptors (Lipinski definition) is 3. The summed E-state index contributed by atoms with van der Waals surface area (Å²) in [6, 6.07) is 5.13. The van der Waals surface area contributed by atoms with Crippen molar-refractivity contribution in [1.29, 1.82) is 0 Å². The van der Waals surface area contributed by atoms with Gasteiger partial charge in [0.2, 0.25) is 0 Å². The van der Waals surface area contributed by atoms with Crippen molar-refractivity contribution in [3.8, 4) is 0 Å². The van der Waals surface area contributed by atoms with Crippen LogP contribution in [0, 0.1) is 16.5 Å². The van der Waals surface area contributed by atoms with Gasteiger partial charge in [-0.05, 0) is 18.2 Å². The molecule has 0 spiro atoms. The first-order valence-electron chi connectivity index (χ1n) is 4.52. The van der Waals surface area contributed by atoms with Crippen LogP contribution in [0.2, 0.25) is 0 Å². The fraction of sp³-hybridized carbons (Fsp3) is 0.0909. The van der Waals surface area contributed by atoms with Crippen molar-refractivity contribution in [3.05, 3.63) is 70.9 Å². The van der Waals surface area contributed by atoms with Gasteiger partial charge < -0.3 is 0 Å². The molecule has 0 saturated heterocycles. The predicted octanol–water partition coefficient (Wildman–Crippen LogP) is 1.88. The molecule has 1 unspecified atom stereocenters. The van der Waals surface area contributed by atoms with E-state index in [0.29, 0.717) is 5.69 Å². The van der Waals surface area contributed by atoms with Gasteiger partial charge in [0.05, 0.1) is 6.42 Å². The summed E-state index contributed by atoms with van der Waals surface area (Å²) in [5, 5.41) is 11.1. The molecule has 1 aliphatic rings. The van der Waals surface area contributed by atoms with Crippen LogP contribution in [0.25, 0.3) is 0 Å². The van der Waals surface area contributed by atoms with E-state index in [1.54, 1.807) is 42.6 Å². The van der Waals surface area contributed by atoms with E-state index in [1.807, 2.05) is 0 Å². The maximum Gasteiger partial charge on any atom is 0.289 e. The minimum atomic E-state index is -1.31. The zero-order chi connectivity index (χ0) is 10.7. The zero-order valence-electron chi connectivity index (χ0n) is 7.91. The summed E-state index contributed by atoms with van der Waals surface area (Å²) >= 11 is 0. The van der Waals surface area contributed by atoms with E-state index in [2.05, 4.69) is 4.98 Å². The fourth-order valence-electron chi connectivity index (χ4n) is 1.51. The highest BCUT2D eigenvalue weighted by molar-refractivity contribution is 5.34. The fourth-order valence-corrected chi connectivity index (χ4v) is 1.51. The standard InChI is InChI=1S/C11H9N2O2/c14-13(15)11(7-3-1-4-8-11)10-6-2-5-9-12-10/h1-9H. The first kappa shape index (κ1) is 9.58. The highest BCUT2D eigenvalue weighted by atomic mass is 16.6. The average Bonchev–Trinajstić information content (AvgIpc) is 2.31. The Kier molecular flexibility index (Phi) is 2.33. The van der Waals surface area contributed by atoms with Crippen LogP contribution in [-0.4, -0.2) is 9.91 Å². The summed E-state index contributed by atoms with van der Waals surface area (Å²) in [5.41, 5.74) is -0.883. The van der Waals surface area contributed by atoms with E-state index in [1.165, 1.54) is 12.5 Å². The molecule has 1 radical (unpaired) electrons. The van der Waals surface area contributed by atoms with Crippen molar-refractivity contribution >= 4 is 0 Å². The first-order chi connectivity index (χ1) is 7.26. The number of allylic oxidation sites excluding steroid dienone is 2. The van der Waals surface area contributed by atoms with Crippen molar-refractivity contribution in [1.82, 2.24) is 4.98 Å². The molecule has 1 aliphatic carbocycles. The molecule has 0 aromatic carbocycles. The van der Waals surface area contributed by atoms with E-state index in [9.17, 15) is 10.1 Å². The van der Waals surface area contributed by atoms with E-state index in [4.69, 9.17) is 0 Å². The highest BCUT2D eigenvalue weighted by Gasteiger charge is 2.43. The molecule has 0 fully saturated rings. The lowest BCUT2D eigenvalue weighted by atomic mass is 9.88. The van der Waals surface area contributed by atoms with Crippen LogP contribution in [0.1, 0.15) is 5.69 Å². The second kappa shape index (κ2) is 3.65. The third kappa shape index (κ3) is 1.54. The third-order valence-electron chi connectivity index (χ3n) is 2.30. The lowest BCUT2D eigenvalue weighted by Gasteiger charge is -2.20. The van der Waals surface area contributed by atoms with Crippen LogP contribution >= 0.6 is 0 Å². The Morgan fingerprint density at radius 3 is 2.67 bits per heavy atom. The Labute approximate surface area is 87.1 Å². The molecule has 0 amide bonds. The maximum absolute atomic E-state index is 11.1. The summed E-state index contributed by atoms with van der Waals surface area (Å²) < 4.78 is 0. The highest BCUT2D eigenvalue weighted by Crippen LogP contribution is 2.30. The monoisotopic (exact) mass is 201 g/mol. The molecule has 1 aromatic heterocycles. The minimum absolute atomic E-state index is 0.338.